The molecule has 4 unspecified atom stereocenters. The first-order valence-electron chi connectivity index (χ1n) is 11.5. The number of aliphatic imine (C=N–C) groups is 1. The first kappa shape index (κ1) is 30.3. The maximum absolute atomic E-state index is 12.9. The minimum atomic E-state index is -1.36. The van der Waals surface area contributed by atoms with E-state index in [0.29, 0.717) is 12.8 Å². The van der Waals surface area contributed by atoms with Crippen molar-refractivity contribution < 1.29 is 24.4 Å². The standard InChI is InChI=1S/C22H36N8O6/c1-12(2)11-16(23)19(32)29-18(13(3)31)21(34)28-17(5-4-10-26-22(24)25)20(33)27-14-6-8-15(9-7-14)30(35)36/h6-9,12-13,16-18,31H,4-5,10-11,23H2,1-3H3,(H,27,33)(H,28,34)(H,29,32)(H4,24,25,26). The van der Waals surface area contributed by atoms with Gasteiger partial charge in [0, 0.05) is 24.4 Å². The summed E-state index contributed by atoms with van der Waals surface area (Å²) in [5.74, 6) is -2.00. The molecular weight excluding hydrogens is 472 g/mol. The number of nitrogens with two attached hydrogens (primary N) is 3. The topological polar surface area (TPSA) is 241 Å². The maximum Gasteiger partial charge on any atom is 0.269 e. The van der Waals surface area contributed by atoms with E-state index in [0.717, 1.165) is 0 Å². The van der Waals surface area contributed by atoms with Gasteiger partial charge in [0.2, 0.25) is 17.7 Å². The highest BCUT2D eigenvalue weighted by Gasteiger charge is 2.31. The lowest BCUT2D eigenvalue weighted by Crippen LogP contribution is -2.58. The van der Waals surface area contributed by atoms with Gasteiger partial charge in [0.1, 0.15) is 12.1 Å². The number of nitrogens with zero attached hydrogens (tertiary/aromatic N) is 2. The van der Waals surface area contributed by atoms with E-state index in [-0.39, 0.29) is 36.2 Å². The predicted octanol–water partition coefficient (Wildman–Crippen LogP) is -0.689. The van der Waals surface area contributed by atoms with Gasteiger partial charge in [-0.2, -0.15) is 0 Å². The molecular formula is C22H36N8O6. The molecule has 4 atom stereocenters. The number of amides is 3. The Morgan fingerprint density at radius 1 is 1.06 bits per heavy atom. The third kappa shape index (κ3) is 10.7. The van der Waals surface area contributed by atoms with E-state index in [2.05, 4.69) is 20.9 Å². The molecule has 0 heterocycles. The molecule has 0 bridgehead atoms. The van der Waals surface area contributed by atoms with Gasteiger partial charge in [-0.15, -0.1) is 0 Å². The number of aliphatic hydroxyl groups is 1. The number of nitro benzene ring substituents is 1. The van der Waals surface area contributed by atoms with E-state index in [9.17, 15) is 29.6 Å². The van der Waals surface area contributed by atoms with E-state index in [1.807, 2.05) is 13.8 Å². The summed E-state index contributed by atoms with van der Waals surface area (Å²) in [6.07, 6.45) is -0.457. The Balaban J connectivity index is 2.99. The van der Waals surface area contributed by atoms with Crippen LogP contribution in [0.4, 0.5) is 11.4 Å². The van der Waals surface area contributed by atoms with Crippen LogP contribution in [0.2, 0.25) is 0 Å². The molecule has 1 rings (SSSR count). The van der Waals surface area contributed by atoms with Gasteiger partial charge in [0.05, 0.1) is 17.1 Å². The quantitative estimate of drug-likeness (QED) is 0.0552. The molecule has 0 aliphatic heterocycles. The van der Waals surface area contributed by atoms with Crippen LogP contribution in [0.1, 0.15) is 40.0 Å². The van der Waals surface area contributed by atoms with Crippen LogP contribution in [0.5, 0.6) is 0 Å². The monoisotopic (exact) mass is 508 g/mol. The highest BCUT2D eigenvalue weighted by Crippen LogP contribution is 2.16. The lowest BCUT2D eigenvalue weighted by molar-refractivity contribution is -0.384. The first-order valence-corrected chi connectivity index (χ1v) is 11.5. The predicted molar refractivity (Wildman–Crippen MR) is 135 cm³/mol. The fraction of sp³-hybridized carbons (Fsp3) is 0.545. The lowest BCUT2D eigenvalue weighted by atomic mass is 10.0. The Hall–Kier alpha value is -3.78. The summed E-state index contributed by atoms with van der Waals surface area (Å²) in [7, 11) is 0. The molecule has 0 radical (unpaired) electrons. The number of hydrogen-bond donors (Lipinski definition) is 7. The average molecular weight is 509 g/mol. The molecule has 0 fully saturated rings. The zero-order valence-electron chi connectivity index (χ0n) is 20.6. The largest absolute Gasteiger partial charge is 0.391 e. The van der Waals surface area contributed by atoms with Crippen molar-refractivity contribution in [1.82, 2.24) is 10.6 Å². The third-order valence-corrected chi connectivity index (χ3v) is 5.05. The normalized spacial score (nSPS) is 14.2. The van der Waals surface area contributed by atoms with E-state index in [1.54, 1.807) is 0 Å². The van der Waals surface area contributed by atoms with Crippen LogP contribution in [-0.4, -0.2) is 64.5 Å². The van der Waals surface area contributed by atoms with Crippen molar-refractivity contribution in [2.24, 2.45) is 28.1 Å². The summed E-state index contributed by atoms with van der Waals surface area (Å²) in [4.78, 5) is 52.4. The summed E-state index contributed by atoms with van der Waals surface area (Å²) in [6.45, 7) is 5.30. The molecule has 0 aliphatic rings. The van der Waals surface area contributed by atoms with Crippen molar-refractivity contribution in [2.75, 3.05) is 11.9 Å². The number of carbonyl (C=O) groups excluding carboxylic acids is 3. The molecule has 14 nitrogen and oxygen atoms in total. The number of benzene rings is 1. The summed E-state index contributed by atoms with van der Waals surface area (Å²) >= 11 is 0. The van der Waals surface area contributed by atoms with Crippen molar-refractivity contribution in [3.05, 3.63) is 34.4 Å². The van der Waals surface area contributed by atoms with Crippen LogP contribution in [0.15, 0.2) is 29.3 Å². The number of nitrogens with one attached hydrogen (secondary N) is 3. The summed E-state index contributed by atoms with van der Waals surface area (Å²) in [6, 6.07) is 1.82. The Kier molecular flexibility index (Phi) is 12.3. The lowest BCUT2D eigenvalue weighted by Gasteiger charge is -2.26. The molecule has 3 amide bonds. The molecule has 0 saturated heterocycles. The van der Waals surface area contributed by atoms with Crippen LogP contribution in [0.3, 0.4) is 0 Å². The molecule has 0 aromatic heterocycles. The Labute approximate surface area is 209 Å². The maximum atomic E-state index is 12.9. The number of aliphatic hydroxyl groups excluding tert-OH is 1. The molecule has 0 spiro atoms. The van der Waals surface area contributed by atoms with Gasteiger partial charge in [0.25, 0.3) is 5.69 Å². The number of guanidine groups is 1. The molecule has 10 N–H and O–H groups in total. The number of hydrogen-bond acceptors (Lipinski definition) is 8. The number of rotatable bonds is 14. The first-order chi connectivity index (χ1) is 16.8. The van der Waals surface area contributed by atoms with Crippen LogP contribution in [0, 0.1) is 16.0 Å². The van der Waals surface area contributed by atoms with Gasteiger partial charge in [-0.25, -0.2) is 0 Å². The molecule has 0 saturated carbocycles. The molecule has 200 valence electrons. The zero-order valence-corrected chi connectivity index (χ0v) is 20.6. The van der Waals surface area contributed by atoms with Crippen LogP contribution in [-0.2, 0) is 14.4 Å². The molecule has 1 aromatic rings. The van der Waals surface area contributed by atoms with Crippen LogP contribution in [0.25, 0.3) is 0 Å². The van der Waals surface area contributed by atoms with Crippen molar-refractivity contribution >= 4 is 35.1 Å². The molecule has 1 aromatic carbocycles. The van der Waals surface area contributed by atoms with Crippen molar-refractivity contribution in [3.63, 3.8) is 0 Å². The zero-order chi connectivity index (χ0) is 27.4. The molecule has 0 aliphatic carbocycles. The van der Waals surface area contributed by atoms with Gasteiger partial charge in [-0.05, 0) is 44.2 Å². The van der Waals surface area contributed by atoms with Gasteiger partial charge in [-0.3, -0.25) is 29.5 Å². The second-order valence-electron chi connectivity index (χ2n) is 8.77. The Bertz CT molecular complexity index is 931. The van der Waals surface area contributed by atoms with Crippen molar-refractivity contribution in [3.8, 4) is 0 Å². The smallest absolute Gasteiger partial charge is 0.269 e. The Morgan fingerprint density at radius 2 is 1.67 bits per heavy atom. The number of nitro groups is 1. The second kappa shape index (κ2) is 14.6. The minimum Gasteiger partial charge on any atom is -0.391 e. The molecule has 36 heavy (non-hydrogen) atoms. The van der Waals surface area contributed by atoms with E-state index >= 15 is 0 Å². The second-order valence-corrected chi connectivity index (χ2v) is 8.77. The number of non-ortho nitro benzene ring substituents is 1. The number of anilines is 1. The van der Waals surface area contributed by atoms with E-state index < -0.39 is 46.9 Å². The third-order valence-electron chi connectivity index (χ3n) is 5.05. The van der Waals surface area contributed by atoms with Crippen molar-refractivity contribution in [1.29, 1.82) is 0 Å². The number of carbonyl (C=O) groups is 3. The van der Waals surface area contributed by atoms with Gasteiger partial charge in [-0.1, -0.05) is 13.8 Å². The van der Waals surface area contributed by atoms with Gasteiger partial charge in [0.15, 0.2) is 5.96 Å². The highest BCUT2D eigenvalue weighted by atomic mass is 16.6. The van der Waals surface area contributed by atoms with Crippen LogP contribution < -0.4 is 33.2 Å². The van der Waals surface area contributed by atoms with Crippen molar-refractivity contribution in [2.45, 2.75) is 64.3 Å². The fourth-order valence-corrected chi connectivity index (χ4v) is 3.21. The minimum absolute atomic E-state index is 0.120. The Morgan fingerprint density at radius 3 is 2.17 bits per heavy atom. The summed E-state index contributed by atoms with van der Waals surface area (Å²) < 4.78 is 0. The van der Waals surface area contributed by atoms with E-state index in [4.69, 9.17) is 17.2 Å². The van der Waals surface area contributed by atoms with Gasteiger partial charge >= 0.3 is 0 Å². The summed E-state index contributed by atoms with van der Waals surface area (Å²) in [5.41, 5.74) is 16.6. The van der Waals surface area contributed by atoms with Crippen LogP contribution >= 0.6 is 0 Å². The van der Waals surface area contributed by atoms with Gasteiger partial charge < -0.3 is 38.3 Å². The molecule has 14 heteroatoms. The average Bonchev–Trinajstić information content (AvgIpc) is 2.78. The van der Waals surface area contributed by atoms with E-state index in [1.165, 1.54) is 31.2 Å². The summed E-state index contributed by atoms with van der Waals surface area (Å²) in [5, 5.41) is 28.5. The highest BCUT2D eigenvalue weighted by molar-refractivity contribution is 5.98. The SMILES string of the molecule is CC(C)CC(N)C(=O)NC(C(=O)NC(CCCN=C(N)N)C(=O)Nc1ccc([N+](=O)[O-])cc1)C(C)O. The fourth-order valence-electron chi connectivity index (χ4n) is 3.21.